The fourth-order valence-electron chi connectivity index (χ4n) is 1.44. The van der Waals surface area contributed by atoms with E-state index in [0.29, 0.717) is 10.7 Å². The Morgan fingerprint density at radius 2 is 1.84 bits per heavy atom. The number of rotatable bonds is 2. The molecule has 98 valence electrons. The Morgan fingerprint density at radius 3 is 2.53 bits per heavy atom. The van der Waals surface area contributed by atoms with Crippen LogP contribution in [-0.2, 0) is 0 Å². The van der Waals surface area contributed by atoms with E-state index in [0.717, 1.165) is 5.56 Å². The highest BCUT2D eigenvalue weighted by Gasteiger charge is 2.13. The lowest BCUT2D eigenvalue weighted by molar-refractivity contribution is 0.102. The van der Waals surface area contributed by atoms with Gasteiger partial charge in [-0.1, -0.05) is 40.9 Å². The third-order valence-corrected chi connectivity index (χ3v) is 3.38. The first-order chi connectivity index (χ1) is 8.97. The van der Waals surface area contributed by atoms with Gasteiger partial charge < -0.3 is 5.32 Å². The Morgan fingerprint density at radius 1 is 1.11 bits per heavy atom. The Balaban J connectivity index is 2.25. The van der Waals surface area contributed by atoms with E-state index in [4.69, 9.17) is 34.8 Å². The quantitative estimate of drug-likeness (QED) is 0.823. The number of carbonyl (C=O) groups is 1. The van der Waals surface area contributed by atoms with Crippen molar-refractivity contribution in [3.05, 3.63) is 56.8 Å². The molecule has 0 bridgehead atoms. The van der Waals surface area contributed by atoms with Crippen molar-refractivity contribution in [2.75, 3.05) is 5.32 Å². The van der Waals surface area contributed by atoms with Crippen molar-refractivity contribution in [2.45, 2.75) is 6.92 Å². The summed E-state index contributed by atoms with van der Waals surface area (Å²) in [7, 11) is 0. The SMILES string of the molecule is Cc1ccc(NC(=O)c2nc(Cl)ccc2Cl)cc1Cl. The van der Waals surface area contributed by atoms with E-state index in [1.54, 1.807) is 12.1 Å². The van der Waals surface area contributed by atoms with Gasteiger partial charge in [-0.15, -0.1) is 0 Å². The molecule has 19 heavy (non-hydrogen) atoms. The van der Waals surface area contributed by atoms with E-state index in [9.17, 15) is 4.79 Å². The van der Waals surface area contributed by atoms with Gasteiger partial charge in [-0.25, -0.2) is 4.98 Å². The number of nitrogens with one attached hydrogen (secondary N) is 1. The molecule has 0 saturated heterocycles. The van der Waals surface area contributed by atoms with Gasteiger partial charge in [-0.3, -0.25) is 4.79 Å². The van der Waals surface area contributed by atoms with Gasteiger partial charge >= 0.3 is 0 Å². The van der Waals surface area contributed by atoms with E-state index in [1.165, 1.54) is 12.1 Å². The van der Waals surface area contributed by atoms with Crippen LogP contribution in [0.1, 0.15) is 16.1 Å². The van der Waals surface area contributed by atoms with Crippen molar-refractivity contribution in [1.29, 1.82) is 0 Å². The van der Waals surface area contributed by atoms with E-state index < -0.39 is 5.91 Å². The van der Waals surface area contributed by atoms with Gasteiger partial charge in [-0.2, -0.15) is 0 Å². The number of anilines is 1. The van der Waals surface area contributed by atoms with Crippen LogP contribution in [0.25, 0.3) is 0 Å². The lowest BCUT2D eigenvalue weighted by atomic mass is 10.2. The van der Waals surface area contributed by atoms with Crippen LogP contribution in [0.3, 0.4) is 0 Å². The summed E-state index contributed by atoms with van der Waals surface area (Å²) in [6, 6.07) is 8.26. The zero-order chi connectivity index (χ0) is 14.0. The highest BCUT2D eigenvalue weighted by atomic mass is 35.5. The lowest BCUT2D eigenvalue weighted by Crippen LogP contribution is -2.14. The number of carbonyl (C=O) groups excluding carboxylic acids is 1. The minimum Gasteiger partial charge on any atom is -0.321 e. The third kappa shape index (κ3) is 3.38. The van der Waals surface area contributed by atoms with Crippen molar-refractivity contribution >= 4 is 46.4 Å². The molecular weight excluding hydrogens is 307 g/mol. The van der Waals surface area contributed by atoms with Crippen LogP contribution in [-0.4, -0.2) is 10.9 Å². The smallest absolute Gasteiger partial charge is 0.275 e. The first-order valence-corrected chi connectivity index (χ1v) is 6.50. The fourth-order valence-corrected chi connectivity index (χ4v) is 1.96. The molecule has 0 unspecified atom stereocenters. The van der Waals surface area contributed by atoms with Crippen molar-refractivity contribution in [1.82, 2.24) is 4.98 Å². The van der Waals surface area contributed by atoms with Gasteiger partial charge in [0.15, 0.2) is 0 Å². The largest absolute Gasteiger partial charge is 0.321 e. The van der Waals surface area contributed by atoms with Crippen LogP contribution in [0.5, 0.6) is 0 Å². The molecule has 0 radical (unpaired) electrons. The van der Waals surface area contributed by atoms with E-state index >= 15 is 0 Å². The Hall–Kier alpha value is -1.29. The number of hydrogen-bond acceptors (Lipinski definition) is 2. The second-order valence-corrected chi connectivity index (χ2v) is 5.08. The summed E-state index contributed by atoms with van der Waals surface area (Å²) >= 11 is 17.6. The molecule has 1 amide bonds. The minimum absolute atomic E-state index is 0.0749. The summed E-state index contributed by atoms with van der Waals surface area (Å²) in [5.41, 5.74) is 1.57. The number of benzene rings is 1. The zero-order valence-electron chi connectivity index (χ0n) is 9.88. The number of amides is 1. The minimum atomic E-state index is -0.438. The number of nitrogens with zero attached hydrogens (tertiary/aromatic N) is 1. The molecule has 1 N–H and O–H groups in total. The number of pyridine rings is 1. The first-order valence-electron chi connectivity index (χ1n) is 5.37. The topological polar surface area (TPSA) is 42.0 Å². The molecule has 2 aromatic rings. The number of halogens is 3. The van der Waals surface area contributed by atoms with Gasteiger partial charge in [0.1, 0.15) is 10.8 Å². The summed E-state index contributed by atoms with van der Waals surface area (Å²) in [5, 5.41) is 3.68. The molecule has 0 aliphatic heterocycles. The van der Waals surface area contributed by atoms with Crippen molar-refractivity contribution in [2.24, 2.45) is 0 Å². The summed E-state index contributed by atoms with van der Waals surface area (Å²) in [6.45, 7) is 1.88. The second kappa shape index (κ2) is 5.78. The van der Waals surface area contributed by atoms with Gasteiger partial charge in [-0.05, 0) is 36.8 Å². The molecule has 1 aromatic carbocycles. The van der Waals surface area contributed by atoms with Gasteiger partial charge in [0.2, 0.25) is 0 Å². The third-order valence-electron chi connectivity index (χ3n) is 2.46. The molecule has 0 spiro atoms. The van der Waals surface area contributed by atoms with Crippen LogP contribution in [0, 0.1) is 6.92 Å². The Labute approximate surface area is 125 Å². The standard InChI is InChI=1S/C13H9Cl3N2O/c1-7-2-3-8(6-10(7)15)17-13(19)12-9(14)4-5-11(16)18-12/h2-6H,1H3,(H,17,19). The maximum atomic E-state index is 12.0. The average Bonchev–Trinajstić information content (AvgIpc) is 2.36. The second-order valence-electron chi connectivity index (χ2n) is 3.88. The van der Waals surface area contributed by atoms with Crippen LogP contribution >= 0.6 is 34.8 Å². The van der Waals surface area contributed by atoms with Crippen molar-refractivity contribution in [3.8, 4) is 0 Å². The molecule has 6 heteroatoms. The average molecular weight is 316 g/mol. The predicted octanol–water partition coefficient (Wildman–Crippen LogP) is 4.60. The molecule has 0 saturated carbocycles. The zero-order valence-corrected chi connectivity index (χ0v) is 12.1. The molecule has 1 aromatic heterocycles. The van der Waals surface area contributed by atoms with E-state index in [-0.39, 0.29) is 15.9 Å². The highest BCUT2D eigenvalue weighted by molar-refractivity contribution is 6.35. The van der Waals surface area contributed by atoms with Gasteiger partial charge in [0.05, 0.1) is 5.02 Å². The van der Waals surface area contributed by atoms with Crippen LogP contribution < -0.4 is 5.32 Å². The fraction of sp³-hybridized carbons (Fsp3) is 0.0769. The summed E-state index contributed by atoms with van der Waals surface area (Å²) in [5.74, 6) is -0.438. The molecule has 0 fully saturated rings. The molecule has 1 heterocycles. The molecule has 0 aliphatic rings. The van der Waals surface area contributed by atoms with E-state index in [1.807, 2.05) is 13.0 Å². The molecule has 0 atom stereocenters. The van der Waals surface area contributed by atoms with Gasteiger partial charge in [0, 0.05) is 10.7 Å². The number of aromatic nitrogens is 1. The van der Waals surface area contributed by atoms with Crippen LogP contribution in [0.15, 0.2) is 30.3 Å². The lowest BCUT2D eigenvalue weighted by Gasteiger charge is -2.07. The van der Waals surface area contributed by atoms with Crippen LogP contribution in [0.2, 0.25) is 15.2 Å². The van der Waals surface area contributed by atoms with Crippen LogP contribution in [0.4, 0.5) is 5.69 Å². The molecular formula is C13H9Cl3N2O. The molecule has 0 aliphatic carbocycles. The van der Waals surface area contributed by atoms with E-state index in [2.05, 4.69) is 10.3 Å². The maximum Gasteiger partial charge on any atom is 0.275 e. The number of aryl methyl sites for hydroxylation is 1. The predicted molar refractivity (Wildman–Crippen MR) is 78.4 cm³/mol. The maximum absolute atomic E-state index is 12.0. The van der Waals surface area contributed by atoms with Crippen molar-refractivity contribution in [3.63, 3.8) is 0 Å². The van der Waals surface area contributed by atoms with Gasteiger partial charge in [0.25, 0.3) is 5.91 Å². The normalized spacial score (nSPS) is 10.3. The van der Waals surface area contributed by atoms with Crippen molar-refractivity contribution < 1.29 is 4.79 Å². The Kier molecular flexibility index (Phi) is 4.30. The monoisotopic (exact) mass is 314 g/mol. The first kappa shape index (κ1) is 14.1. The Bertz CT molecular complexity index is 644. The summed E-state index contributed by atoms with van der Waals surface area (Å²) in [6.07, 6.45) is 0. The molecule has 2 rings (SSSR count). The highest BCUT2D eigenvalue weighted by Crippen LogP contribution is 2.22. The number of hydrogen-bond donors (Lipinski definition) is 1. The summed E-state index contributed by atoms with van der Waals surface area (Å²) in [4.78, 5) is 15.9. The molecule has 3 nitrogen and oxygen atoms in total. The summed E-state index contributed by atoms with van der Waals surface area (Å²) < 4.78 is 0.